The van der Waals surface area contributed by atoms with E-state index in [-0.39, 0.29) is 17.1 Å². The third kappa shape index (κ3) is 7.61. The summed E-state index contributed by atoms with van der Waals surface area (Å²) in [4.78, 5) is 22.0. The lowest BCUT2D eigenvalue weighted by Crippen LogP contribution is -2.35. The molecule has 0 saturated carbocycles. The molecule has 1 aliphatic heterocycles. The van der Waals surface area contributed by atoms with Gasteiger partial charge in [-0.25, -0.2) is 13.4 Å². The minimum absolute atomic E-state index is 0.103. The van der Waals surface area contributed by atoms with E-state index in [1.807, 2.05) is 0 Å². The van der Waals surface area contributed by atoms with Gasteiger partial charge in [-0.05, 0) is 56.4 Å². The number of rotatable bonds is 13. The number of aliphatic hydroxyl groups is 1. The first-order valence-electron chi connectivity index (χ1n) is 12.3. The molecule has 0 spiro atoms. The number of aliphatic hydroxyl groups excluding tert-OH is 1. The quantitative estimate of drug-likeness (QED) is 0.305. The second-order valence-electron chi connectivity index (χ2n) is 8.54. The molecule has 1 aromatic heterocycles. The number of anilines is 3. The normalized spacial score (nSPS) is 14.5. The topological polar surface area (TPSA) is 137 Å². The highest BCUT2D eigenvalue weighted by molar-refractivity contribution is 7.89. The highest BCUT2D eigenvalue weighted by Gasteiger charge is 2.25. The van der Waals surface area contributed by atoms with Crippen molar-refractivity contribution in [1.82, 2.24) is 14.3 Å². The van der Waals surface area contributed by atoms with E-state index in [0.29, 0.717) is 43.5 Å². The molecule has 1 aliphatic rings. The number of carbonyl (C=O) groups excluding carboxylic acids is 1. The number of amides is 1. The predicted molar refractivity (Wildman–Crippen MR) is 137 cm³/mol. The molecule has 35 heavy (non-hydrogen) atoms. The summed E-state index contributed by atoms with van der Waals surface area (Å²) in [7, 11) is -3.53. The van der Waals surface area contributed by atoms with Crippen LogP contribution in [0.5, 0.6) is 0 Å². The van der Waals surface area contributed by atoms with Gasteiger partial charge in [0.15, 0.2) is 0 Å². The molecule has 1 amide bonds. The molecule has 3 rings (SSSR count). The Hall–Kier alpha value is -2.76. The van der Waals surface area contributed by atoms with E-state index in [1.54, 1.807) is 12.1 Å². The van der Waals surface area contributed by atoms with Crippen LogP contribution in [0.4, 0.5) is 17.5 Å². The van der Waals surface area contributed by atoms with E-state index in [9.17, 15) is 13.2 Å². The number of benzene rings is 1. The molecule has 0 atom stereocenters. The monoisotopic (exact) mass is 504 g/mol. The number of nitrogens with zero attached hydrogens (tertiary/aromatic N) is 3. The van der Waals surface area contributed by atoms with E-state index in [0.717, 1.165) is 45.1 Å². The van der Waals surface area contributed by atoms with Gasteiger partial charge in [0, 0.05) is 44.7 Å². The molecule has 4 N–H and O–H groups in total. The second kappa shape index (κ2) is 13.4. The Morgan fingerprint density at radius 3 is 2.43 bits per heavy atom. The maximum absolute atomic E-state index is 13.0. The smallest absolute Gasteiger partial charge is 0.260 e. The fraction of sp³-hybridized carbons (Fsp3) is 0.542. The summed E-state index contributed by atoms with van der Waals surface area (Å²) in [5, 5.41) is 18.1. The van der Waals surface area contributed by atoms with Crippen molar-refractivity contribution in [2.45, 2.75) is 56.8 Å². The maximum atomic E-state index is 13.0. The van der Waals surface area contributed by atoms with Gasteiger partial charge in [-0.2, -0.15) is 9.29 Å². The van der Waals surface area contributed by atoms with Crippen LogP contribution in [0.1, 0.15) is 62.2 Å². The Morgan fingerprint density at radius 2 is 1.74 bits per heavy atom. The first-order chi connectivity index (χ1) is 17.0. The van der Waals surface area contributed by atoms with Crippen LogP contribution in [0.2, 0.25) is 0 Å². The van der Waals surface area contributed by atoms with Gasteiger partial charge < -0.3 is 21.1 Å². The highest BCUT2D eigenvalue weighted by atomic mass is 32.2. The lowest BCUT2D eigenvalue weighted by atomic mass is 10.2. The third-order valence-corrected chi connectivity index (χ3v) is 7.70. The molecular formula is C24H36N6O4S. The highest BCUT2D eigenvalue weighted by Crippen LogP contribution is 2.23. The molecule has 2 heterocycles. The van der Waals surface area contributed by atoms with Crippen LogP contribution in [-0.2, 0) is 10.0 Å². The largest absolute Gasteiger partial charge is 0.396 e. The average Bonchev–Trinajstić information content (AvgIpc) is 2.88. The first kappa shape index (κ1) is 26.8. The van der Waals surface area contributed by atoms with Gasteiger partial charge in [-0.3, -0.25) is 4.79 Å². The number of piperidine rings is 1. The second-order valence-corrected chi connectivity index (χ2v) is 10.5. The van der Waals surface area contributed by atoms with Gasteiger partial charge in [0.2, 0.25) is 16.0 Å². The Morgan fingerprint density at radius 1 is 1.03 bits per heavy atom. The van der Waals surface area contributed by atoms with Crippen molar-refractivity contribution >= 4 is 33.4 Å². The molecule has 0 bridgehead atoms. The zero-order valence-corrected chi connectivity index (χ0v) is 21.1. The van der Waals surface area contributed by atoms with Crippen molar-refractivity contribution in [3.63, 3.8) is 0 Å². The first-order valence-corrected chi connectivity index (χ1v) is 13.8. The van der Waals surface area contributed by atoms with E-state index < -0.39 is 15.9 Å². The van der Waals surface area contributed by atoms with E-state index in [2.05, 4.69) is 32.8 Å². The summed E-state index contributed by atoms with van der Waals surface area (Å²) < 4.78 is 27.2. The van der Waals surface area contributed by atoms with Gasteiger partial charge in [0.1, 0.15) is 11.4 Å². The molecule has 2 aromatic rings. The molecule has 0 radical (unpaired) electrons. The lowest BCUT2D eigenvalue weighted by Gasteiger charge is -2.25. The summed E-state index contributed by atoms with van der Waals surface area (Å²) in [6.45, 7) is 4.57. The number of sulfonamides is 1. The Bertz CT molecular complexity index is 1060. The summed E-state index contributed by atoms with van der Waals surface area (Å²) in [6, 6.07) is 6.21. The number of aromatic nitrogens is 2. The zero-order valence-electron chi connectivity index (χ0n) is 20.3. The molecular weight excluding hydrogens is 468 g/mol. The van der Waals surface area contributed by atoms with Crippen LogP contribution < -0.4 is 16.0 Å². The standard InChI is InChI=1S/C24H36N6O4S/c1-2-3-13-26-24-27-18-21(22(29-24)25-14-5-8-17-31)23(32)28-19-9-11-20(12-10-19)35(33,34)30-15-6-4-7-16-30/h9-12,18,31H,2-8,13-17H2,1H3,(H,28,32)(H2,25,26,27,29). The third-order valence-electron chi connectivity index (χ3n) is 5.79. The minimum atomic E-state index is -3.53. The van der Waals surface area contributed by atoms with Crippen molar-refractivity contribution in [1.29, 1.82) is 0 Å². The van der Waals surface area contributed by atoms with Crippen LogP contribution in [-0.4, -0.2) is 66.5 Å². The van der Waals surface area contributed by atoms with Crippen molar-refractivity contribution < 1.29 is 18.3 Å². The minimum Gasteiger partial charge on any atom is -0.396 e. The molecule has 1 fully saturated rings. The van der Waals surface area contributed by atoms with Gasteiger partial charge in [0.05, 0.1) is 4.90 Å². The Kier molecular flexibility index (Phi) is 10.2. The average molecular weight is 505 g/mol. The van der Waals surface area contributed by atoms with Crippen LogP contribution in [0.3, 0.4) is 0 Å². The van der Waals surface area contributed by atoms with Crippen LogP contribution in [0.25, 0.3) is 0 Å². The van der Waals surface area contributed by atoms with Gasteiger partial charge >= 0.3 is 0 Å². The van der Waals surface area contributed by atoms with E-state index in [1.165, 1.54) is 22.6 Å². The summed E-state index contributed by atoms with van der Waals surface area (Å²) in [6.07, 6.45) is 7.67. The van der Waals surface area contributed by atoms with Crippen molar-refractivity contribution in [2.75, 3.05) is 48.7 Å². The summed E-state index contributed by atoms with van der Waals surface area (Å²) in [5.74, 6) is 0.437. The van der Waals surface area contributed by atoms with Gasteiger partial charge in [0.25, 0.3) is 5.91 Å². The lowest BCUT2D eigenvalue weighted by molar-refractivity contribution is 0.102. The van der Waals surface area contributed by atoms with Gasteiger partial charge in [-0.15, -0.1) is 0 Å². The fourth-order valence-corrected chi connectivity index (χ4v) is 5.27. The predicted octanol–water partition coefficient (Wildman–Crippen LogP) is 3.30. The number of carbonyl (C=O) groups is 1. The zero-order chi connectivity index (χ0) is 25.1. The SMILES string of the molecule is CCCCNc1ncc(C(=O)Nc2ccc(S(=O)(=O)N3CCCCC3)cc2)c(NCCCCO)n1. The van der Waals surface area contributed by atoms with E-state index >= 15 is 0 Å². The number of unbranched alkanes of at least 4 members (excludes halogenated alkanes) is 2. The maximum Gasteiger partial charge on any atom is 0.260 e. The van der Waals surface area contributed by atoms with Gasteiger partial charge in [-0.1, -0.05) is 19.8 Å². The number of nitrogens with one attached hydrogen (secondary N) is 3. The molecule has 10 nitrogen and oxygen atoms in total. The van der Waals surface area contributed by atoms with Crippen molar-refractivity contribution in [3.05, 3.63) is 36.0 Å². The van der Waals surface area contributed by atoms with Crippen molar-refractivity contribution in [3.8, 4) is 0 Å². The number of hydrogen-bond donors (Lipinski definition) is 4. The Balaban J connectivity index is 1.71. The fourth-order valence-electron chi connectivity index (χ4n) is 3.75. The molecule has 1 saturated heterocycles. The molecule has 0 unspecified atom stereocenters. The Labute approximate surface area is 207 Å². The van der Waals surface area contributed by atoms with E-state index in [4.69, 9.17) is 5.11 Å². The molecule has 1 aromatic carbocycles. The molecule has 11 heteroatoms. The molecule has 192 valence electrons. The van der Waals surface area contributed by atoms with Crippen molar-refractivity contribution in [2.24, 2.45) is 0 Å². The molecule has 0 aliphatic carbocycles. The summed E-state index contributed by atoms with van der Waals surface area (Å²) in [5.41, 5.74) is 0.754. The number of hydrogen-bond acceptors (Lipinski definition) is 8. The van der Waals surface area contributed by atoms with Crippen LogP contribution >= 0.6 is 0 Å². The van der Waals surface area contributed by atoms with Crippen LogP contribution in [0, 0.1) is 0 Å². The van der Waals surface area contributed by atoms with Crippen LogP contribution in [0.15, 0.2) is 35.4 Å². The summed E-state index contributed by atoms with van der Waals surface area (Å²) >= 11 is 0.